The van der Waals surface area contributed by atoms with E-state index in [1.54, 1.807) is 49.7 Å². The molecule has 1 amide bonds. The third kappa shape index (κ3) is 5.48. The highest BCUT2D eigenvalue weighted by atomic mass is 16.5. The zero-order valence-corrected chi connectivity index (χ0v) is 20.1. The number of ether oxygens (including phenoxy) is 2. The first-order chi connectivity index (χ1) is 18.1. The molecule has 0 atom stereocenters. The third-order valence-electron chi connectivity index (χ3n) is 5.81. The number of benzene rings is 3. The number of ketones is 1. The zero-order chi connectivity index (χ0) is 25.6. The van der Waals surface area contributed by atoms with Crippen LogP contribution in [0.5, 0.6) is 17.4 Å². The van der Waals surface area contributed by atoms with Gasteiger partial charge in [0.25, 0.3) is 5.91 Å². The number of nitrogens with zero attached hydrogens (tertiary/aromatic N) is 2. The Labute approximate surface area is 213 Å². The largest absolute Gasteiger partial charge is 0.497 e. The van der Waals surface area contributed by atoms with E-state index in [0.29, 0.717) is 29.8 Å². The molecular weight excluding hydrogens is 468 g/mol. The van der Waals surface area contributed by atoms with Crippen molar-refractivity contribution >= 4 is 22.7 Å². The average Bonchev–Trinajstić information content (AvgIpc) is 3.38. The van der Waals surface area contributed by atoms with Crippen LogP contribution in [-0.2, 0) is 6.42 Å². The van der Waals surface area contributed by atoms with E-state index in [1.807, 2.05) is 48.5 Å². The molecule has 0 aliphatic heterocycles. The molecule has 0 aliphatic carbocycles. The Bertz CT molecular complexity index is 1510. The number of carbonyl (C=O) groups is 2. The number of nitrogens with one attached hydrogen (secondary N) is 2. The molecule has 5 rings (SSSR count). The van der Waals surface area contributed by atoms with Gasteiger partial charge >= 0.3 is 0 Å². The molecule has 2 N–H and O–H groups in total. The molecule has 8 nitrogen and oxygen atoms in total. The number of pyridine rings is 1. The molecule has 8 heteroatoms. The van der Waals surface area contributed by atoms with E-state index in [-0.39, 0.29) is 23.4 Å². The van der Waals surface area contributed by atoms with Gasteiger partial charge in [-0.2, -0.15) is 0 Å². The molecule has 5 aromatic rings. The molecule has 0 saturated carbocycles. The fourth-order valence-corrected chi connectivity index (χ4v) is 3.84. The fraction of sp³-hybridized carbons (Fsp3) is 0.103. The molecule has 2 aromatic heterocycles. The van der Waals surface area contributed by atoms with Gasteiger partial charge in [0.1, 0.15) is 17.1 Å². The lowest BCUT2D eigenvalue weighted by atomic mass is 10.1. The van der Waals surface area contributed by atoms with Gasteiger partial charge in [0.2, 0.25) is 11.7 Å². The molecule has 0 radical (unpaired) electrons. The summed E-state index contributed by atoms with van der Waals surface area (Å²) in [6.07, 6.45) is 2.23. The van der Waals surface area contributed by atoms with Crippen molar-refractivity contribution < 1.29 is 19.1 Å². The Morgan fingerprint density at radius 2 is 1.65 bits per heavy atom. The van der Waals surface area contributed by atoms with Crippen LogP contribution in [0, 0.1) is 0 Å². The van der Waals surface area contributed by atoms with E-state index in [9.17, 15) is 9.59 Å². The Hall–Kier alpha value is -4.98. The van der Waals surface area contributed by atoms with E-state index >= 15 is 0 Å². The Balaban J connectivity index is 1.23. The van der Waals surface area contributed by atoms with Gasteiger partial charge < -0.3 is 19.8 Å². The number of rotatable bonds is 9. The smallest absolute Gasteiger partial charge is 0.256 e. The molecular formula is C29H24N4O4. The van der Waals surface area contributed by atoms with Crippen molar-refractivity contribution in [2.24, 2.45) is 0 Å². The normalized spacial score (nSPS) is 10.7. The monoisotopic (exact) mass is 492 g/mol. The van der Waals surface area contributed by atoms with Gasteiger partial charge in [0.05, 0.1) is 18.1 Å². The van der Waals surface area contributed by atoms with Crippen LogP contribution in [0.15, 0.2) is 91.1 Å². The number of hydrogen-bond acceptors (Lipinski definition) is 6. The van der Waals surface area contributed by atoms with Gasteiger partial charge in [-0.1, -0.05) is 24.3 Å². The molecule has 0 fully saturated rings. The van der Waals surface area contributed by atoms with Gasteiger partial charge in [-0.25, -0.2) is 9.97 Å². The van der Waals surface area contributed by atoms with Crippen molar-refractivity contribution in [3.05, 3.63) is 114 Å². The van der Waals surface area contributed by atoms with Crippen LogP contribution < -0.4 is 14.8 Å². The van der Waals surface area contributed by atoms with E-state index in [0.717, 1.165) is 22.3 Å². The van der Waals surface area contributed by atoms with Gasteiger partial charge in [-0.15, -0.1) is 0 Å². The van der Waals surface area contributed by atoms with Crippen molar-refractivity contribution in [3.8, 4) is 17.4 Å². The molecule has 0 spiro atoms. The number of aromatic nitrogens is 3. The highest BCUT2D eigenvalue weighted by Crippen LogP contribution is 2.24. The minimum atomic E-state index is -0.284. The zero-order valence-electron chi connectivity index (χ0n) is 20.1. The molecule has 184 valence electrons. The summed E-state index contributed by atoms with van der Waals surface area (Å²) < 4.78 is 11.1. The lowest BCUT2D eigenvalue weighted by molar-refractivity contribution is 0.0950. The second-order valence-corrected chi connectivity index (χ2v) is 8.27. The van der Waals surface area contributed by atoms with E-state index in [2.05, 4.69) is 20.3 Å². The summed E-state index contributed by atoms with van der Waals surface area (Å²) in [6.45, 7) is 0.456. The number of para-hydroxylation sites is 2. The lowest BCUT2D eigenvalue weighted by Crippen LogP contribution is -2.26. The van der Waals surface area contributed by atoms with Gasteiger partial charge in [-0.3, -0.25) is 9.59 Å². The maximum Gasteiger partial charge on any atom is 0.256 e. The summed E-state index contributed by atoms with van der Waals surface area (Å²) in [5, 5.41) is 2.91. The SMILES string of the molecule is COc1ccc(CCNC(=O)c2cccnc2Oc2ccc(C(=O)c3nc4ccccc4[nH]3)cc2)cc1. The number of amides is 1. The first kappa shape index (κ1) is 23.7. The molecule has 37 heavy (non-hydrogen) atoms. The van der Waals surface area contributed by atoms with Crippen LogP contribution in [-0.4, -0.2) is 40.3 Å². The van der Waals surface area contributed by atoms with Crippen LogP contribution >= 0.6 is 0 Å². The Kier molecular flexibility index (Phi) is 6.89. The Morgan fingerprint density at radius 1 is 0.892 bits per heavy atom. The number of hydrogen-bond donors (Lipinski definition) is 2. The van der Waals surface area contributed by atoms with Crippen LogP contribution in [0.1, 0.15) is 32.1 Å². The average molecular weight is 493 g/mol. The fourth-order valence-electron chi connectivity index (χ4n) is 3.84. The summed E-state index contributed by atoms with van der Waals surface area (Å²) in [7, 11) is 1.62. The second-order valence-electron chi connectivity index (χ2n) is 8.27. The van der Waals surface area contributed by atoms with Crippen LogP contribution in [0.2, 0.25) is 0 Å². The minimum absolute atomic E-state index is 0.181. The van der Waals surface area contributed by atoms with Crippen molar-refractivity contribution in [2.45, 2.75) is 6.42 Å². The second kappa shape index (κ2) is 10.7. The molecule has 3 aromatic carbocycles. The quantitative estimate of drug-likeness (QED) is 0.282. The highest BCUT2D eigenvalue weighted by molar-refractivity contribution is 6.08. The Morgan fingerprint density at radius 3 is 2.41 bits per heavy atom. The predicted octanol–water partition coefficient (Wildman–Crippen LogP) is 4.96. The van der Waals surface area contributed by atoms with E-state index in [1.165, 1.54) is 0 Å². The summed E-state index contributed by atoms with van der Waals surface area (Å²) in [6, 6.07) is 25.2. The molecule has 0 aliphatic rings. The summed E-state index contributed by atoms with van der Waals surface area (Å²) in [4.78, 5) is 37.3. The number of methoxy groups -OCH3 is 1. The van der Waals surface area contributed by atoms with Crippen molar-refractivity contribution in [3.63, 3.8) is 0 Å². The van der Waals surface area contributed by atoms with Crippen LogP contribution in [0.4, 0.5) is 0 Å². The van der Waals surface area contributed by atoms with Gasteiger partial charge in [0, 0.05) is 18.3 Å². The highest BCUT2D eigenvalue weighted by Gasteiger charge is 2.16. The maximum atomic E-state index is 12.9. The standard InChI is InChI=1S/C29H24N4O4/c1-36-21-12-8-19(9-13-21)16-18-30-28(35)23-5-4-17-31-29(23)37-22-14-10-20(11-15-22)26(34)27-32-24-6-2-3-7-25(24)33-27/h2-15,17H,16,18H2,1H3,(H,30,35)(H,32,33). The molecule has 0 unspecified atom stereocenters. The van der Waals surface area contributed by atoms with Crippen LogP contribution in [0.3, 0.4) is 0 Å². The topological polar surface area (TPSA) is 106 Å². The number of H-pyrrole nitrogens is 1. The number of fused-ring (bicyclic) bond motifs is 1. The summed E-state index contributed by atoms with van der Waals surface area (Å²) in [5.41, 5.74) is 3.40. The molecule has 0 saturated heterocycles. The van der Waals surface area contributed by atoms with E-state index in [4.69, 9.17) is 9.47 Å². The summed E-state index contributed by atoms with van der Waals surface area (Å²) in [5.74, 6) is 1.18. The van der Waals surface area contributed by atoms with Gasteiger partial charge in [0.15, 0.2) is 5.82 Å². The molecule has 0 bridgehead atoms. The van der Waals surface area contributed by atoms with Gasteiger partial charge in [-0.05, 0) is 72.6 Å². The number of aromatic amines is 1. The van der Waals surface area contributed by atoms with Crippen molar-refractivity contribution in [2.75, 3.05) is 13.7 Å². The third-order valence-corrected chi connectivity index (χ3v) is 5.81. The number of carbonyl (C=O) groups excluding carboxylic acids is 2. The number of imidazole rings is 1. The molecule has 2 heterocycles. The maximum absolute atomic E-state index is 12.9. The summed E-state index contributed by atoms with van der Waals surface area (Å²) >= 11 is 0. The van der Waals surface area contributed by atoms with E-state index < -0.39 is 0 Å². The first-order valence-corrected chi connectivity index (χ1v) is 11.7. The predicted molar refractivity (Wildman–Crippen MR) is 139 cm³/mol. The lowest BCUT2D eigenvalue weighted by Gasteiger charge is -2.11. The van der Waals surface area contributed by atoms with Crippen LogP contribution in [0.25, 0.3) is 11.0 Å². The van der Waals surface area contributed by atoms with Crippen molar-refractivity contribution in [1.29, 1.82) is 0 Å². The van der Waals surface area contributed by atoms with Crippen molar-refractivity contribution in [1.82, 2.24) is 20.3 Å². The minimum Gasteiger partial charge on any atom is -0.497 e. The first-order valence-electron chi connectivity index (χ1n) is 11.7.